The highest BCUT2D eigenvalue weighted by Crippen LogP contribution is 2.50. The van der Waals surface area contributed by atoms with E-state index in [1.165, 1.54) is 23.2 Å². The fourth-order valence-corrected chi connectivity index (χ4v) is 6.09. The second-order valence-corrected chi connectivity index (χ2v) is 12.5. The van der Waals surface area contributed by atoms with E-state index in [0.29, 0.717) is 0 Å². The van der Waals surface area contributed by atoms with E-state index in [9.17, 15) is 33.8 Å². The minimum absolute atomic E-state index is 0.0258. The van der Waals surface area contributed by atoms with Crippen LogP contribution in [-0.4, -0.2) is 110 Å². The van der Waals surface area contributed by atoms with Crippen molar-refractivity contribution in [2.24, 2.45) is 0 Å². The number of hydrogen-bond acceptors (Lipinski definition) is 18. The lowest BCUT2D eigenvalue weighted by Crippen LogP contribution is -2.39. The number of nitrogen functional groups attached to an aromatic ring is 2. The molecule has 0 aliphatic carbocycles. The summed E-state index contributed by atoms with van der Waals surface area (Å²) in [7, 11) is -10.1. The predicted octanol–water partition coefficient (Wildman–Crippen LogP) is -2.69. The quantitative estimate of drug-likeness (QED) is 0.0749. The molecule has 0 saturated carbocycles. The molecule has 46 heavy (non-hydrogen) atoms. The number of carbonyl (C=O) groups excluding carboxylic acids is 1. The SMILES string of the molecule is Nc1ccn([C@H]2C[C@H](OP(=O)(O)OC[C@@H]3O[C@@H](n4cnc5c(N)ncnc54)[C@H](O)[C@@H]3OC(=O)CO)[C@H](COP(=O)(O)O)O2)c(=O)n1. The van der Waals surface area contributed by atoms with Crippen LogP contribution in [0.15, 0.2) is 29.7 Å². The van der Waals surface area contributed by atoms with Crippen molar-refractivity contribution in [1.29, 1.82) is 0 Å². The number of phosphoric acid groups is 2. The van der Waals surface area contributed by atoms with E-state index in [2.05, 4.69) is 24.5 Å². The number of fused-ring (bicyclic) bond motifs is 1. The number of anilines is 2. The summed E-state index contributed by atoms with van der Waals surface area (Å²) < 4.78 is 57.9. The van der Waals surface area contributed by atoms with E-state index in [4.69, 9.17) is 44.5 Å². The van der Waals surface area contributed by atoms with Gasteiger partial charge in [-0.05, 0) is 6.07 Å². The first-order valence-corrected chi connectivity index (χ1v) is 16.1. The normalized spacial score (nSPS) is 28.0. The van der Waals surface area contributed by atoms with Crippen LogP contribution in [0.25, 0.3) is 11.2 Å². The Morgan fingerprint density at radius 3 is 2.50 bits per heavy atom. The fraction of sp³-hybridized carbons (Fsp3) is 0.524. The van der Waals surface area contributed by atoms with Gasteiger partial charge in [0, 0.05) is 12.6 Å². The number of esters is 1. The summed E-state index contributed by atoms with van der Waals surface area (Å²) >= 11 is 0. The molecule has 3 aromatic heterocycles. The van der Waals surface area contributed by atoms with Crippen LogP contribution in [0, 0.1) is 0 Å². The van der Waals surface area contributed by atoms with Crippen molar-refractivity contribution in [2.75, 3.05) is 31.3 Å². The number of phosphoric ester groups is 2. The van der Waals surface area contributed by atoms with Gasteiger partial charge in [-0.15, -0.1) is 0 Å². The van der Waals surface area contributed by atoms with Crippen molar-refractivity contribution in [2.45, 2.75) is 49.4 Å². The molecule has 0 spiro atoms. The summed E-state index contributed by atoms with van der Waals surface area (Å²) in [6, 6.07) is 1.28. The molecule has 2 aliphatic rings. The Morgan fingerprint density at radius 2 is 1.80 bits per heavy atom. The molecule has 5 rings (SSSR count). The van der Waals surface area contributed by atoms with Crippen LogP contribution in [0.2, 0.25) is 0 Å². The molecule has 8 atom stereocenters. The summed E-state index contributed by atoms with van der Waals surface area (Å²) in [5, 5.41) is 20.2. The molecule has 9 N–H and O–H groups in total. The Labute approximate surface area is 256 Å². The van der Waals surface area contributed by atoms with Crippen molar-refractivity contribution in [3.05, 3.63) is 35.4 Å². The van der Waals surface area contributed by atoms with Crippen molar-refractivity contribution >= 4 is 44.4 Å². The van der Waals surface area contributed by atoms with Crippen LogP contribution in [0.1, 0.15) is 18.9 Å². The second-order valence-electron chi connectivity index (χ2n) is 9.85. The Kier molecular flexibility index (Phi) is 9.84. The van der Waals surface area contributed by atoms with Gasteiger partial charge in [0.1, 0.15) is 54.9 Å². The minimum Gasteiger partial charge on any atom is -0.455 e. The molecule has 0 bridgehead atoms. The van der Waals surface area contributed by atoms with E-state index >= 15 is 0 Å². The third-order valence-electron chi connectivity index (χ3n) is 6.79. The van der Waals surface area contributed by atoms with Crippen LogP contribution in [0.4, 0.5) is 11.6 Å². The molecule has 3 aromatic rings. The number of carbonyl (C=O) groups is 1. The molecule has 25 heteroatoms. The molecule has 0 aromatic carbocycles. The summed E-state index contributed by atoms with van der Waals surface area (Å²) in [5.74, 6) is -1.22. The second kappa shape index (κ2) is 13.4. The van der Waals surface area contributed by atoms with Gasteiger partial charge < -0.3 is 50.6 Å². The van der Waals surface area contributed by atoms with Gasteiger partial charge in [-0.25, -0.2) is 33.7 Å². The lowest BCUT2D eigenvalue weighted by atomic mass is 10.1. The third kappa shape index (κ3) is 7.57. The number of hydrogen-bond donors (Lipinski definition) is 7. The molecule has 23 nitrogen and oxygen atoms in total. The highest BCUT2D eigenvalue weighted by atomic mass is 31.2. The average Bonchev–Trinajstić information content (AvgIpc) is 3.66. The van der Waals surface area contributed by atoms with E-state index in [0.717, 1.165) is 10.9 Å². The maximum Gasteiger partial charge on any atom is 0.472 e. The molecule has 2 saturated heterocycles. The lowest BCUT2D eigenvalue weighted by Gasteiger charge is -2.23. The summed E-state index contributed by atoms with van der Waals surface area (Å²) in [4.78, 5) is 68.6. The van der Waals surface area contributed by atoms with Crippen molar-refractivity contribution in [3.63, 3.8) is 0 Å². The smallest absolute Gasteiger partial charge is 0.455 e. The maximum atomic E-state index is 13.1. The van der Waals surface area contributed by atoms with E-state index in [-0.39, 0.29) is 29.2 Å². The van der Waals surface area contributed by atoms with Gasteiger partial charge in [0.05, 0.1) is 19.5 Å². The van der Waals surface area contributed by atoms with Gasteiger partial charge in [-0.1, -0.05) is 0 Å². The van der Waals surface area contributed by atoms with E-state index in [1.807, 2.05) is 0 Å². The highest BCUT2D eigenvalue weighted by molar-refractivity contribution is 7.47. The van der Waals surface area contributed by atoms with Crippen molar-refractivity contribution in [3.8, 4) is 0 Å². The third-order valence-corrected chi connectivity index (χ3v) is 8.29. The monoisotopic (exact) mass is 694 g/mol. The van der Waals surface area contributed by atoms with Crippen molar-refractivity contribution < 1.29 is 66.6 Å². The topological polar surface area (TPSA) is 338 Å². The molecule has 0 radical (unpaired) electrons. The number of rotatable bonds is 12. The molecule has 2 aliphatic heterocycles. The van der Waals surface area contributed by atoms with Gasteiger partial charge in [-0.2, -0.15) is 4.98 Å². The number of nitrogens with two attached hydrogens (primary N) is 2. The molecular weight excluding hydrogens is 666 g/mol. The summed E-state index contributed by atoms with van der Waals surface area (Å²) in [6.45, 7) is -2.72. The first-order chi connectivity index (χ1) is 21.7. The Morgan fingerprint density at radius 1 is 1.07 bits per heavy atom. The molecule has 252 valence electrons. The predicted molar refractivity (Wildman–Crippen MR) is 147 cm³/mol. The molecule has 0 amide bonds. The standard InChI is InChI=1S/C21H28N8O15P2/c22-12-1-2-28(21(33)27-12)13-3-9(10(41-13)5-39-45(34,35)36)44-46(37,38)40-6-11-17(43-14(31)4-30)16(32)20(42-11)29-8-26-15-18(23)24-7-25-19(15)29/h1-2,7-11,13,16-17,20,30,32H,3-6H2,(H,37,38)(H2,22,27,33)(H2,23,24,25)(H2,34,35,36)/t9-,10-,11-,13+,16+,17+,20+/m0/s1. The van der Waals surface area contributed by atoms with Crippen molar-refractivity contribution in [1.82, 2.24) is 29.1 Å². The first kappa shape index (κ1) is 33.9. The highest BCUT2D eigenvalue weighted by Gasteiger charge is 2.49. The van der Waals surface area contributed by atoms with Gasteiger partial charge in [-0.3, -0.25) is 22.7 Å². The number of aliphatic hydroxyl groups is 2. The Hall–Kier alpha value is -3.44. The number of imidazole rings is 1. The van der Waals surface area contributed by atoms with Crippen LogP contribution < -0.4 is 17.2 Å². The zero-order chi connectivity index (χ0) is 33.4. The fourth-order valence-electron chi connectivity index (χ4n) is 4.79. The minimum atomic E-state index is -5.11. The van der Waals surface area contributed by atoms with Gasteiger partial charge in [0.15, 0.2) is 23.8 Å². The van der Waals surface area contributed by atoms with Crippen LogP contribution in [0.3, 0.4) is 0 Å². The Balaban J connectivity index is 1.32. The van der Waals surface area contributed by atoms with E-state index < -0.39 is 90.1 Å². The molecule has 1 unspecified atom stereocenters. The van der Waals surface area contributed by atoms with Crippen LogP contribution in [0.5, 0.6) is 0 Å². The number of nitrogens with zero attached hydrogens (tertiary/aromatic N) is 6. The van der Waals surface area contributed by atoms with Crippen LogP contribution >= 0.6 is 15.6 Å². The summed E-state index contributed by atoms with van der Waals surface area (Å²) in [5.41, 5.74) is 10.8. The molecule has 2 fully saturated rings. The number of aliphatic hydroxyl groups excluding tert-OH is 2. The zero-order valence-electron chi connectivity index (χ0n) is 23.2. The average molecular weight is 694 g/mol. The van der Waals surface area contributed by atoms with Gasteiger partial charge >= 0.3 is 27.3 Å². The summed E-state index contributed by atoms with van der Waals surface area (Å²) in [6.07, 6.45) is -6.72. The Bertz CT molecular complexity index is 1730. The number of aromatic nitrogens is 6. The largest absolute Gasteiger partial charge is 0.472 e. The van der Waals surface area contributed by atoms with Gasteiger partial charge in [0.2, 0.25) is 0 Å². The zero-order valence-corrected chi connectivity index (χ0v) is 25.0. The first-order valence-electron chi connectivity index (χ1n) is 13.1. The van der Waals surface area contributed by atoms with Crippen LogP contribution in [-0.2, 0) is 41.7 Å². The van der Waals surface area contributed by atoms with Gasteiger partial charge in [0.25, 0.3) is 0 Å². The molecular formula is C21H28N8O15P2. The maximum absolute atomic E-state index is 13.1. The molecule has 5 heterocycles. The number of ether oxygens (including phenoxy) is 3. The lowest BCUT2D eigenvalue weighted by molar-refractivity contribution is -0.159. The van der Waals surface area contributed by atoms with E-state index in [1.54, 1.807) is 0 Å².